The van der Waals surface area contributed by atoms with Gasteiger partial charge in [0.25, 0.3) is 0 Å². The number of anilines is 2. The zero-order valence-electron chi connectivity index (χ0n) is 10.3. The van der Waals surface area contributed by atoms with Crippen molar-refractivity contribution in [1.82, 2.24) is 0 Å². The Kier molecular flexibility index (Phi) is 5.51. The van der Waals surface area contributed by atoms with E-state index in [0.29, 0.717) is 5.69 Å². The third-order valence-corrected chi connectivity index (χ3v) is 3.04. The Morgan fingerprint density at radius 1 is 1.22 bits per heavy atom. The number of amides is 1. The van der Waals surface area contributed by atoms with Gasteiger partial charge in [0.2, 0.25) is 5.91 Å². The van der Waals surface area contributed by atoms with Crippen LogP contribution in [0.25, 0.3) is 0 Å². The molecule has 0 aliphatic rings. The lowest BCUT2D eigenvalue weighted by atomic mass is 10.2. The first-order chi connectivity index (χ1) is 8.49. The molecular formula is C12H16N2O3S. The lowest BCUT2D eigenvalue weighted by Gasteiger charge is -2.12. The largest absolute Gasteiger partial charge is 0.481 e. The van der Waals surface area contributed by atoms with Crippen LogP contribution in [0.3, 0.4) is 0 Å². The highest BCUT2D eigenvalue weighted by Crippen LogP contribution is 2.15. The molecule has 98 valence electrons. The topological polar surface area (TPSA) is 69.6 Å². The van der Waals surface area contributed by atoms with Gasteiger partial charge in [0.15, 0.2) is 0 Å². The number of thioether (sulfide) groups is 1. The number of hydrogen-bond acceptors (Lipinski definition) is 4. The van der Waals surface area contributed by atoms with Crippen molar-refractivity contribution < 1.29 is 14.7 Å². The average Bonchev–Trinajstić information content (AvgIpc) is 2.29. The van der Waals surface area contributed by atoms with Gasteiger partial charge in [0, 0.05) is 25.5 Å². The maximum absolute atomic E-state index is 11.5. The molecule has 0 unspecified atom stereocenters. The molecule has 0 bridgehead atoms. The normalized spacial score (nSPS) is 9.89. The first-order valence-corrected chi connectivity index (χ1v) is 6.51. The third-order valence-electron chi connectivity index (χ3n) is 2.13. The van der Waals surface area contributed by atoms with Gasteiger partial charge in [-0.15, -0.1) is 11.8 Å². The average molecular weight is 268 g/mol. The van der Waals surface area contributed by atoms with Crippen molar-refractivity contribution in [3.63, 3.8) is 0 Å². The number of aliphatic carboxylic acids is 1. The van der Waals surface area contributed by atoms with E-state index >= 15 is 0 Å². The molecule has 0 heterocycles. The number of carboxylic acids is 1. The second-order valence-corrected chi connectivity index (χ2v) is 4.86. The Balaban J connectivity index is 2.42. The van der Waals surface area contributed by atoms with Crippen molar-refractivity contribution >= 4 is 35.0 Å². The van der Waals surface area contributed by atoms with Crippen LogP contribution in [-0.4, -0.2) is 42.6 Å². The van der Waals surface area contributed by atoms with Gasteiger partial charge in [-0.2, -0.15) is 0 Å². The highest BCUT2D eigenvalue weighted by atomic mass is 32.2. The van der Waals surface area contributed by atoms with Crippen molar-refractivity contribution in [2.24, 2.45) is 0 Å². The van der Waals surface area contributed by atoms with Gasteiger partial charge in [-0.1, -0.05) is 0 Å². The molecule has 1 aromatic carbocycles. The highest BCUT2D eigenvalue weighted by Gasteiger charge is 2.05. The quantitative estimate of drug-likeness (QED) is 0.818. The minimum Gasteiger partial charge on any atom is -0.481 e. The van der Waals surface area contributed by atoms with E-state index < -0.39 is 5.97 Å². The van der Waals surface area contributed by atoms with Crippen molar-refractivity contribution in [2.45, 2.75) is 0 Å². The Labute approximate surface area is 110 Å². The molecule has 6 heteroatoms. The second kappa shape index (κ2) is 6.90. The molecule has 1 rings (SSSR count). The summed E-state index contributed by atoms with van der Waals surface area (Å²) in [6.45, 7) is 0. The first-order valence-electron chi connectivity index (χ1n) is 5.36. The molecule has 1 amide bonds. The van der Waals surface area contributed by atoms with Crippen molar-refractivity contribution in [3.05, 3.63) is 24.3 Å². The fourth-order valence-corrected chi connectivity index (χ4v) is 1.81. The molecule has 0 atom stereocenters. The van der Waals surface area contributed by atoms with Gasteiger partial charge < -0.3 is 15.3 Å². The van der Waals surface area contributed by atoms with Gasteiger partial charge in [-0.25, -0.2) is 0 Å². The van der Waals surface area contributed by atoms with Crippen LogP contribution in [-0.2, 0) is 9.59 Å². The molecule has 18 heavy (non-hydrogen) atoms. The maximum atomic E-state index is 11.5. The fraction of sp³-hybridized carbons (Fsp3) is 0.333. The van der Waals surface area contributed by atoms with Crippen LogP contribution in [0.1, 0.15) is 0 Å². The van der Waals surface area contributed by atoms with Crippen LogP contribution in [0, 0.1) is 0 Å². The summed E-state index contributed by atoms with van der Waals surface area (Å²) >= 11 is 1.08. The summed E-state index contributed by atoms with van der Waals surface area (Å²) in [5.41, 5.74) is 1.76. The van der Waals surface area contributed by atoms with Gasteiger partial charge in [0.05, 0.1) is 11.5 Å². The van der Waals surface area contributed by atoms with Gasteiger partial charge in [-0.3, -0.25) is 9.59 Å². The van der Waals surface area contributed by atoms with Crippen LogP contribution < -0.4 is 10.2 Å². The van der Waals surface area contributed by atoms with Crippen molar-refractivity contribution in [3.8, 4) is 0 Å². The summed E-state index contributed by atoms with van der Waals surface area (Å²) in [5.74, 6) is -1.03. The zero-order chi connectivity index (χ0) is 13.5. The van der Waals surface area contributed by atoms with E-state index in [2.05, 4.69) is 5.32 Å². The van der Waals surface area contributed by atoms with Crippen LogP contribution in [0.2, 0.25) is 0 Å². The maximum Gasteiger partial charge on any atom is 0.313 e. The monoisotopic (exact) mass is 268 g/mol. The number of carbonyl (C=O) groups is 2. The lowest BCUT2D eigenvalue weighted by molar-refractivity contribution is -0.133. The summed E-state index contributed by atoms with van der Waals surface area (Å²) < 4.78 is 0. The predicted molar refractivity (Wildman–Crippen MR) is 74.4 cm³/mol. The summed E-state index contributed by atoms with van der Waals surface area (Å²) in [4.78, 5) is 23.7. The fourth-order valence-electron chi connectivity index (χ4n) is 1.27. The lowest BCUT2D eigenvalue weighted by Crippen LogP contribution is -2.15. The minimum atomic E-state index is -0.914. The van der Waals surface area contributed by atoms with E-state index in [0.717, 1.165) is 17.4 Å². The van der Waals surface area contributed by atoms with Crippen LogP contribution >= 0.6 is 11.8 Å². The van der Waals surface area contributed by atoms with Crippen LogP contribution in [0.5, 0.6) is 0 Å². The molecule has 0 aromatic heterocycles. The summed E-state index contributed by atoms with van der Waals surface area (Å²) in [6.07, 6.45) is 0. The van der Waals surface area contributed by atoms with Gasteiger partial charge in [-0.05, 0) is 24.3 Å². The number of nitrogens with one attached hydrogen (secondary N) is 1. The molecule has 0 fully saturated rings. The zero-order valence-corrected chi connectivity index (χ0v) is 11.2. The smallest absolute Gasteiger partial charge is 0.313 e. The summed E-state index contributed by atoms with van der Waals surface area (Å²) in [5, 5.41) is 11.2. The van der Waals surface area contributed by atoms with E-state index in [-0.39, 0.29) is 17.4 Å². The molecule has 0 radical (unpaired) electrons. The molecule has 1 aromatic rings. The van der Waals surface area contributed by atoms with Gasteiger partial charge in [0.1, 0.15) is 0 Å². The van der Waals surface area contributed by atoms with Crippen LogP contribution in [0.15, 0.2) is 24.3 Å². The van der Waals surface area contributed by atoms with E-state index in [1.165, 1.54) is 0 Å². The second-order valence-electron chi connectivity index (χ2n) is 3.88. The first kappa shape index (κ1) is 14.4. The molecule has 2 N–H and O–H groups in total. The van der Waals surface area contributed by atoms with Gasteiger partial charge >= 0.3 is 5.97 Å². The van der Waals surface area contributed by atoms with E-state index in [9.17, 15) is 9.59 Å². The number of benzene rings is 1. The molecule has 0 saturated carbocycles. The van der Waals surface area contributed by atoms with E-state index in [1.54, 1.807) is 0 Å². The van der Waals surface area contributed by atoms with E-state index in [4.69, 9.17) is 5.11 Å². The molecule has 0 aliphatic heterocycles. The highest BCUT2D eigenvalue weighted by molar-refractivity contribution is 8.00. The minimum absolute atomic E-state index is 0.0625. The number of carboxylic acid groups (broad SMARTS) is 1. The summed E-state index contributed by atoms with van der Waals surface area (Å²) in [7, 11) is 3.88. The number of rotatable bonds is 6. The predicted octanol–water partition coefficient (Wildman–Crippen LogP) is 1.51. The van der Waals surface area contributed by atoms with Crippen molar-refractivity contribution in [2.75, 3.05) is 35.8 Å². The number of nitrogens with zero attached hydrogens (tertiary/aromatic N) is 1. The third kappa shape index (κ3) is 5.09. The molecule has 0 aliphatic carbocycles. The molecule has 0 spiro atoms. The number of carbonyl (C=O) groups excluding carboxylic acids is 1. The van der Waals surface area contributed by atoms with E-state index in [1.807, 2.05) is 43.3 Å². The molecule has 5 nitrogen and oxygen atoms in total. The Morgan fingerprint density at radius 3 is 2.33 bits per heavy atom. The Bertz CT molecular complexity index is 418. The number of hydrogen-bond donors (Lipinski definition) is 2. The van der Waals surface area contributed by atoms with Crippen LogP contribution in [0.4, 0.5) is 11.4 Å². The standard InChI is InChI=1S/C12H16N2O3S/c1-14(2)10-5-3-9(4-6-10)13-11(15)7-18-8-12(16)17/h3-6H,7-8H2,1-2H3,(H,13,15)(H,16,17). The SMILES string of the molecule is CN(C)c1ccc(NC(=O)CSCC(=O)O)cc1. The molecular weight excluding hydrogens is 252 g/mol. The summed E-state index contributed by atoms with van der Waals surface area (Å²) in [6, 6.07) is 7.43. The Hall–Kier alpha value is -1.69. The molecule has 0 saturated heterocycles. The Morgan fingerprint density at radius 2 is 1.83 bits per heavy atom. The van der Waals surface area contributed by atoms with Crippen molar-refractivity contribution in [1.29, 1.82) is 0 Å².